The number of carbonyl (C=O) groups excluding carboxylic acids is 1. The summed E-state index contributed by atoms with van der Waals surface area (Å²) in [6.07, 6.45) is 5.09. The monoisotopic (exact) mass is 221 g/mol. The number of ether oxygens (including phenoxy) is 2. The van der Waals surface area contributed by atoms with E-state index in [1.54, 1.807) is 18.3 Å². The van der Waals surface area contributed by atoms with Gasteiger partial charge in [0, 0.05) is 19.0 Å². The van der Waals surface area contributed by atoms with Crippen molar-refractivity contribution in [3.05, 3.63) is 30.1 Å². The van der Waals surface area contributed by atoms with Crippen molar-refractivity contribution in [2.24, 2.45) is 0 Å². The Morgan fingerprint density at radius 1 is 1.69 bits per heavy atom. The number of hydrogen-bond acceptors (Lipinski definition) is 4. The molecule has 0 bridgehead atoms. The van der Waals surface area contributed by atoms with E-state index in [1.807, 2.05) is 6.92 Å². The summed E-state index contributed by atoms with van der Waals surface area (Å²) in [4.78, 5) is 15.5. The molecule has 1 aromatic heterocycles. The van der Waals surface area contributed by atoms with Gasteiger partial charge < -0.3 is 9.47 Å². The lowest BCUT2D eigenvalue weighted by Crippen LogP contribution is -2.31. The molecule has 1 aromatic rings. The van der Waals surface area contributed by atoms with Crippen LogP contribution in [0.1, 0.15) is 30.1 Å². The first-order chi connectivity index (χ1) is 7.70. The minimum absolute atomic E-state index is 0.306. The van der Waals surface area contributed by atoms with E-state index in [4.69, 9.17) is 9.47 Å². The summed E-state index contributed by atoms with van der Waals surface area (Å²) < 4.78 is 10.7. The molecule has 0 aliphatic carbocycles. The second-order valence-corrected chi connectivity index (χ2v) is 4.22. The van der Waals surface area contributed by atoms with E-state index < -0.39 is 0 Å². The summed E-state index contributed by atoms with van der Waals surface area (Å²) in [7, 11) is 0. The van der Waals surface area contributed by atoms with Gasteiger partial charge in [0.25, 0.3) is 0 Å². The molecular formula is C12H15NO3. The fourth-order valence-electron chi connectivity index (χ4n) is 1.74. The molecule has 0 aromatic carbocycles. The lowest BCUT2D eigenvalue weighted by atomic mass is 10.0. The van der Waals surface area contributed by atoms with Crippen LogP contribution < -0.4 is 0 Å². The van der Waals surface area contributed by atoms with Crippen molar-refractivity contribution in [3.63, 3.8) is 0 Å². The molecule has 0 saturated carbocycles. The second kappa shape index (κ2) is 4.61. The SMILES string of the molecule is CC1(COC(=O)c2cccnc2)CCCO1. The molecule has 1 unspecified atom stereocenters. The van der Waals surface area contributed by atoms with Crippen molar-refractivity contribution in [3.8, 4) is 0 Å². The Kier molecular flexibility index (Phi) is 3.19. The summed E-state index contributed by atoms with van der Waals surface area (Å²) >= 11 is 0. The van der Waals surface area contributed by atoms with Gasteiger partial charge in [0.2, 0.25) is 0 Å². The Hall–Kier alpha value is -1.42. The molecule has 0 amide bonds. The quantitative estimate of drug-likeness (QED) is 0.730. The summed E-state index contributed by atoms with van der Waals surface area (Å²) in [5, 5.41) is 0. The van der Waals surface area contributed by atoms with Crippen molar-refractivity contribution in [1.82, 2.24) is 4.98 Å². The van der Waals surface area contributed by atoms with Crippen LogP contribution in [0.3, 0.4) is 0 Å². The standard InChI is InChI=1S/C12H15NO3/c1-12(5-3-7-16-12)9-15-11(14)10-4-2-6-13-8-10/h2,4,6,8H,3,5,7,9H2,1H3. The van der Waals surface area contributed by atoms with E-state index in [-0.39, 0.29) is 11.6 Å². The number of carbonyl (C=O) groups is 1. The van der Waals surface area contributed by atoms with E-state index in [0.717, 1.165) is 19.4 Å². The van der Waals surface area contributed by atoms with Crippen LogP contribution >= 0.6 is 0 Å². The molecule has 2 heterocycles. The first-order valence-corrected chi connectivity index (χ1v) is 5.41. The molecular weight excluding hydrogens is 206 g/mol. The van der Waals surface area contributed by atoms with Crippen LogP contribution in [0.2, 0.25) is 0 Å². The second-order valence-electron chi connectivity index (χ2n) is 4.22. The van der Waals surface area contributed by atoms with Crippen molar-refractivity contribution in [2.45, 2.75) is 25.4 Å². The van der Waals surface area contributed by atoms with Crippen LogP contribution in [-0.2, 0) is 9.47 Å². The van der Waals surface area contributed by atoms with Crippen molar-refractivity contribution in [1.29, 1.82) is 0 Å². The zero-order valence-corrected chi connectivity index (χ0v) is 9.31. The highest BCUT2D eigenvalue weighted by Crippen LogP contribution is 2.25. The molecule has 16 heavy (non-hydrogen) atoms. The zero-order chi connectivity index (χ0) is 11.4. The van der Waals surface area contributed by atoms with Gasteiger partial charge >= 0.3 is 5.97 Å². The number of esters is 1. The van der Waals surface area contributed by atoms with Gasteiger partial charge in [0.1, 0.15) is 6.61 Å². The fourth-order valence-corrected chi connectivity index (χ4v) is 1.74. The molecule has 4 nitrogen and oxygen atoms in total. The molecule has 1 atom stereocenters. The van der Waals surface area contributed by atoms with Gasteiger partial charge in [-0.3, -0.25) is 4.98 Å². The molecule has 1 aliphatic heterocycles. The minimum Gasteiger partial charge on any atom is -0.459 e. The third-order valence-electron chi connectivity index (χ3n) is 2.71. The van der Waals surface area contributed by atoms with E-state index in [0.29, 0.717) is 12.2 Å². The topological polar surface area (TPSA) is 48.4 Å². The van der Waals surface area contributed by atoms with Gasteiger partial charge in [-0.1, -0.05) is 0 Å². The maximum atomic E-state index is 11.6. The number of hydrogen-bond donors (Lipinski definition) is 0. The number of pyridine rings is 1. The van der Waals surface area contributed by atoms with E-state index in [9.17, 15) is 4.79 Å². The van der Waals surface area contributed by atoms with E-state index >= 15 is 0 Å². The third-order valence-corrected chi connectivity index (χ3v) is 2.71. The van der Waals surface area contributed by atoms with Crippen LogP contribution in [0.15, 0.2) is 24.5 Å². The highest BCUT2D eigenvalue weighted by Gasteiger charge is 2.31. The molecule has 2 rings (SSSR count). The van der Waals surface area contributed by atoms with Crippen LogP contribution in [-0.4, -0.2) is 29.8 Å². The van der Waals surface area contributed by atoms with Crippen LogP contribution in [0.4, 0.5) is 0 Å². The Morgan fingerprint density at radius 3 is 3.19 bits per heavy atom. The van der Waals surface area contributed by atoms with Crippen LogP contribution in [0.25, 0.3) is 0 Å². The van der Waals surface area contributed by atoms with Gasteiger partial charge in [-0.2, -0.15) is 0 Å². The zero-order valence-electron chi connectivity index (χ0n) is 9.31. The van der Waals surface area contributed by atoms with Gasteiger partial charge in [-0.15, -0.1) is 0 Å². The molecule has 4 heteroatoms. The predicted octanol–water partition coefficient (Wildman–Crippen LogP) is 1.81. The van der Waals surface area contributed by atoms with Crippen molar-refractivity contribution >= 4 is 5.97 Å². The average Bonchev–Trinajstić information content (AvgIpc) is 2.75. The van der Waals surface area contributed by atoms with Gasteiger partial charge in [-0.25, -0.2) is 4.79 Å². The highest BCUT2D eigenvalue weighted by molar-refractivity contribution is 5.88. The van der Waals surface area contributed by atoms with Gasteiger partial charge in [0.05, 0.1) is 11.2 Å². The Balaban J connectivity index is 1.89. The minimum atomic E-state index is -0.343. The normalized spacial score (nSPS) is 24.3. The summed E-state index contributed by atoms with van der Waals surface area (Å²) in [5.41, 5.74) is 0.168. The first kappa shape index (κ1) is 11.1. The highest BCUT2D eigenvalue weighted by atomic mass is 16.6. The molecule has 1 saturated heterocycles. The molecule has 0 radical (unpaired) electrons. The van der Waals surface area contributed by atoms with Crippen molar-refractivity contribution in [2.75, 3.05) is 13.2 Å². The van der Waals surface area contributed by atoms with Gasteiger partial charge in [0.15, 0.2) is 0 Å². The fraction of sp³-hybridized carbons (Fsp3) is 0.500. The maximum Gasteiger partial charge on any atom is 0.339 e. The lowest BCUT2D eigenvalue weighted by Gasteiger charge is -2.22. The predicted molar refractivity (Wildman–Crippen MR) is 58.1 cm³/mol. The smallest absolute Gasteiger partial charge is 0.339 e. The molecule has 1 fully saturated rings. The molecule has 0 spiro atoms. The Morgan fingerprint density at radius 2 is 2.56 bits per heavy atom. The Labute approximate surface area is 94.6 Å². The first-order valence-electron chi connectivity index (χ1n) is 5.41. The lowest BCUT2D eigenvalue weighted by molar-refractivity contribution is -0.0378. The van der Waals surface area contributed by atoms with E-state index in [2.05, 4.69) is 4.98 Å². The summed E-state index contributed by atoms with van der Waals surface area (Å²) in [5.74, 6) is -0.343. The van der Waals surface area contributed by atoms with Crippen LogP contribution in [0.5, 0.6) is 0 Å². The third kappa shape index (κ3) is 2.58. The summed E-state index contributed by atoms with van der Waals surface area (Å²) in [6, 6.07) is 3.40. The maximum absolute atomic E-state index is 11.6. The molecule has 86 valence electrons. The number of nitrogens with zero attached hydrogens (tertiary/aromatic N) is 1. The summed E-state index contributed by atoms with van der Waals surface area (Å²) in [6.45, 7) is 3.03. The molecule has 0 N–H and O–H groups in total. The Bertz CT molecular complexity index is 358. The average molecular weight is 221 g/mol. The van der Waals surface area contributed by atoms with Crippen LogP contribution in [0, 0.1) is 0 Å². The molecule has 1 aliphatic rings. The largest absolute Gasteiger partial charge is 0.459 e. The van der Waals surface area contributed by atoms with E-state index in [1.165, 1.54) is 6.20 Å². The number of rotatable bonds is 3. The van der Waals surface area contributed by atoms with Crippen molar-refractivity contribution < 1.29 is 14.3 Å². The number of aromatic nitrogens is 1. The van der Waals surface area contributed by atoms with Gasteiger partial charge in [-0.05, 0) is 31.9 Å².